The highest BCUT2D eigenvalue weighted by Crippen LogP contribution is 2.07. The molecule has 0 fully saturated rings. The van der Waals surface area contributed by atoms with E-state index in [0.29, 0.717) is 0 Å². The molecule has 0 spiro atoms. The lowest BCUT2D eigenvalue weighted by atomic mass is 10.4. The molecule has 1 aliphatic rings. The van der Waals surface area contributed by atoms with Crippen LogP contribution in [0.3, 0.4) is 0 Å². The van der Waals surface area contributed by atoms with E-state index in [9.17, 15) is 0 Å². The van der Waals surface area contributed by atoms with Gasteiger partial charge in [0.2, 0.25) is 0 Å². The van der Waals surface area contributed by atoms with Crippen molar-refractivity contribution in [3.63, 3.8) is 0 Å². The van der Waals surface area contributed by atoms with Gasteiger partial charge in [0.25, 0.3) is 0 Å². The molecule has 0 aliphatic carbocycles. The lowest BCUT2D eigenvalue weighted by Gasteiger charge is -1.67. The third-order valence-electron chi connectivity index (χ3n) is 0.670. The van der Waals surface area contributed by atoms with Gasteiger partial charge in [-0.25, -0.2) is 0 Å². The smallest absolute Gasteiger partial charge is 0.0100 e. The fourth-order valence-electron chi connectivity index (χ4n) is 0.395. The highest BCUT2D eigenvalue weighted by molar-refractivity contribution is 7.38. The average molecular weight is 85.1 g/mol. The van der Waals surface area contributed by atoms with Gasteiger partial charge in [0, 0.05) is 0 Å². The van der Waals surface area contributed by atoms with Crippen LogP contribution in [-0.4, -0.2) is 12.0 Å². The van der Waals surface area contributed by atoms with E-state index in [1.807, 2.05) is 0 Å². The summed E-state index contributed by atoms with van der Waals surface area (Å²) in [5, 5.41) is 0. The molecule has 0 N–H and O–H groups in total. The van der Waals surface area contributed by atoms with Crippen LogP contribution in [-0.2, 0) is 0 Å². The van der Waals surface area contributed by atoms with Crippen LogP contribution < -0.4 is 0 Å². The Balaban J connectivity index is 2.32. The summed E-state index contributed by atoms with van der Waals surface area (Å²) >= 11 is 0. The van der Waals surface area contributed by atoms with Crippen molar-refractivity contribution in [2.75, 3.05) is 6.16 Å². The van der Waals surface area contributed by atoms with Crippen LogP contribution in [0, 0.1) is 0 Å². The molecule has 0 aromatic heterocycles. The van der Waals surface area contributed by atoms with Crippen molar-refractivity contribution in [3.05, 3.63) is 0 Å². The van der Waals surface area contributed by atoms with Crippen molar-refractivity contribution in [2.45, 2.75) is 12.8 Å². The third-order valence-corrected chi connectivity index (χ3v) is 1.66. The van der Waals surface area contributed by atoms with Gasteiger partial charge in [-0.15, -0.1) is 8.20 Å². The zero-order valence-electron chi connectivity index (χ0n) is 3.07. The van der Waals surface area contributed by atoms with Crippen molar-refractivity contribution >= 4 is 14.0 Å². The second-order valence-corrected chi connectivity index (χ2v) is 2.22. The maximum Gasteiger partial charge on any atom is -0.0100 e. The van der Waals surface area contributed by atoms with E-state index in [0.717, 1.165) is 0 Å². The van der Waals surface area contributed by atoms with Gasteiger partial charge < -0.3 is 0 Å². The van der Waals surface area contributed by atoms with Crippen LogP contribution in [0.5, 0.6) is 0 Å². The SMILES string of the molecule is [C]1=PCCC1. The lowest BCUT2D eigenvalue weighted by molar-refractivity contribution is 1.05. The summed E-state index contributed by atoms with van der Waals surface area (Å²) in [7, 11) is 1.44. The molecule has 0 nitrogen and oxygen atoms in total. The molecule has 0 saturated heterocycles. The fourth-order valence-corrected chi connectivity index (χ4v) is 1.19. The summed E-state index contributed by atoms with van der Waals surface area (Å²) < 4.78 is 0. The number of hydrogen-bond donors (Lipinski definition) is 0. The van der Waals surface area contributed by atoms with Gasteiger partial charge in [0.15, 0.2) is 0 Å². The Hall–Kier alpha value is 0.170. The normalized spacial score (nSPS) is 24.0. The molecule has 1 heterocycles. The summed E-state index contributed by atoms with van der Waals surface area (Å²) in [6, 6.07) is 0. The summed E-state index contributed by atoms with van der Waals surface area (Å²) in [4.78, 5) is 0. The standard InChI is InChI=1S/C4H6P/c1-2-4-5-3-1/h1-3H2. The van der Waals surface area contributed by atoms with Crippen LogP contribution in [0.1, 0.15) is 12.8 Å². The van der Waals surface area contributed by atoms with Crippen LogP contribution in [0.4, 0.5) is 0 Å². The second-order valence-electron chi connectivity index (χ2n) is 1.14. The van der Waals surface area contributed by atoms with E-state index in [-0.39, 0.29) is 0 Å². The molecule has 1 heteroatoms. The first kappa shape index (κ1) is 3.36. The van der Waals surface area contributed by atoms with E-state index in [2.05, 4.69) is 5.80 Å². The molecule has 1 radical (unpaired) electrons. The first-order valence-electron chi connectivity index (χ1n) is 1.89. The van der Waals surface area contributed by atoms with Gasteiger partial charge in [-0.1, -0.05) is 0 Å². The van der Waals surface area contributed by atoms with Crippen molar-refractivity contribution in [2.24, 2.45) is 0 Å². The van der Waals surface area contributed by atoms with Gasteiger partial charge in [-0.2, -0.15) is 0 Å². The molecule has 0 atom stereocenters. The highest BCUT2D eigenvalue weighted by atomic mass is 31.1. The maximum absolute atomic E-state index is 3.19. The largest absolute Gasteiger partial charge is 0.100 e. The van der Waals surface area contributed by atoms with Gasteiger partial charge >= 0.3 is 0 Å². The van der Waals surface area contributed by atoms with Crippen LogP contribution >= 0.6 is 8.20 Å². The first-order chi connectivity index (χ1) is 2.50. The minimum Gasteiger partial charge on any atom is -0.100 e. The van der Waals surface area contributed by atoms with Crippen LogP contribution in [0.25, 0.3) is 0 Å². The third kappa shape index (κ3) is 0.735. The van der Waals surface area contributed by atoms with Gasteiger partial charge in [-0.05, 0) is 24.8 Å². The molecule has 0 aromatic rings. The van der Waals surface area contributed by atoms with E-state index in [1.54, 1.807) is 0 Å². The Morgan fingerprint density at radius 3 is 2.80 bits per heavy atom. The van der Waals surface area contributed by atoms with Gasteiger partial charge in [0.05, 0.1) is 0 Å². The van der Waals surface area contributed by atoms with Crippen molar-refractivity contribution in [1.29, 1.82) is 0 Å². The van der Waals surface area contributed by atoms with E-state index >= 15 is 0 Å². The molecule has 0 unspecified atom stereocenters. The molecule has 1 rings (SSSR count). The van der Waals surface area contributed by atoms with Crippen LogP contribution in [0.2, 0.25) is 0 Å². The van der Waals surface area contributed by atoms with E-state index < -0.39 is 0 Å². The maximum atomic E-state index is 3.19. The molecule has 5 heavy (non-hydrogen) atoms. The molecule has 1 aliphatic heterocycles. The summed E-state index contributed by atoms with van der Waals surface area (Å²) in [6.45, 7) is 0. The minimum absolute atomic E-state index is 1.24. The summed E-state index contributed by atoms with van der Waals surface area (Å²) in [5.41, 5.74) is 0. The summed E-state index contributed by atoms with van der Waals surface area (Å²) in [6.07, 6.45) is 3.98. The Labute approximate surface area is 34.0 Å². The van der Waals surface area contributed by atoms with Crippen molar-refractivity contribution in [3.8, 4) is 0 Å². The quantitative estimate of drug-likeness (QED) is 0.390. The molecule has 0 saturated carbocycles. The number of hydrogen-bond acceptors (Lipinski definition) is 0. The second kappa shape index (κ2) is 1.57. The lowest BCUT2D eigenvalue weighted by Crippen LogP contribution is -1.60. The molecule has 0 amide bonds. The minimum atomic E-state index is 1.24. The highest BCUT2D eigenvalue weighted by Gasteiger charge is 1.86. The molecule has 0 aromatic carbocycles. The zero-order chi connectivity index (χ0) is 3.54. The predicted octanol–water partition coefficient (Wildman–Crippen LogP) is 1.41. The summed E-state index contributed by atoms with van der Waals surface area (Å²) in [5.74, 6) is 3.19. The van der Waals surface area contributed by atoms with E-state index in [4.69, 9.17) is 0 Å². The van der Waals surface area contributed by atoms with E-state index in [1.165, 1.54) is 27.2 Å². The van der Waals surface area contributed by atoms with Crippen molar-refractivity contribution in [1.82, 2.24) is 0 Å². The average Bonchev–Trinajstić information content (AvgIpc) is 1.76. The fraction of sp³-hybridized carbons (Fsp3) is 0.750. The van der Waals surface area contributed by atoms with Crippen molar-refractivity contribution < 1.29 is 0 Å². The number of rotatable bonds is 0. The Kier molecular flexibility index (Phi) is 1.05. The Morgan fingerprint density at radius 1 is 1.60 bits per heavy atom. The van der Waals surface area contributed by atoms with Gasteiger partial charge in [0.1, 0.15) is 0 Å². The van der Waals surface area contributed by atoms with Crippen LogP contribution in [0.15, 0.2) is 0 Å². The Morgan fingerprint density at radius 2 is 2.60 bits per heavy atom. The van der Waals surface area contributed by atoms with Gasteiger partial charge in [-0.3, -0.25) is 0 Å². The predicted molar refractivity (Wildman–Crippen MR) is 26.0 cm³/mol. The zero-order valence-corrected chi connectivity index (χ0v) is 3.96. The molecular weight excluding hydrogens is 79.0 g/mol. The monoisotopic (exact) mass is 85.0 g/mol. The first-order valence-corrected chi connectivity index (χ1v) is 2.97. The molecule has 0 bridgehead atoms. The molecular formula is C4H6P. The Bertz CT molecular complexity index is 41.6. The topological polar surface area (TPSA) is 0 Å². The molecule has 27 valence electrons.